The van der Waals surface area contributed by atoms with Gasteiger partial charge in [0.2, 0.25) is 0 Å². The van der Waals surface area contributed by atoms with Crippen molar-refractivity contribution in [3.63, 3.8) is 0 Å². The molecule has 0 aromatic heterocycles. The van der Waals surface area contributed by atoms with Gasteiger partial charge in [-0.3, -0.25) is 0 Å². The van der Waals surface area contributed by atoms with Gasteiger partial charge in [-0.15, -0.1) is 23.2 Å². The third-order valence-electron chi connectivity index (χ3n) is 2.63. The Balaban J connectivity index is 2.28. The molecule has 0 saturated heterocycles. The highest BCUT2D eigenvalue weighted by molar-refractivity contribution is 6.44. The Morgan fingerprint density at radius 2 is 1.33 bits per heavy atom. The minimum Gasteiger partial charge on any atom is -0.478 e. The minimum atomic E-state index is -0.927. The van der Waals surface area contributed by atoms with E-state index in [9.17, 15) is 4.79 Å². The number of carboxylic acid groups (broad SMARTS) is 1. The van der Waals surface area contributed by atoms with E-state index in [4.69, 9.17) is 28.3 Å². The molecule has 0 aliphatic carbocycles. The van der Waals surface area contributed by atoms with E-state index in [0.717, 1.165) is 16.7 Å². The van der Waals surface area contributed by atoms with Crippen molar-refractivity contribution in [2.24, 2.45) is 0 Å². The van der Waals surface area contributed by atoms with Crippen LogP contribution in [0.4, 0.5) is 0 Å². The van der Waals surface area contributed by atoms with Gasteiger partial charge in [-0.1, -0.05) is 36.4 Å². The van der Waals surface area contributed by atoms with Crippen LogP contribution in [-0.4, -0.2) is 11.1 Å². The Morgan fingerprint density at radius 1 is 0.889 bits per heavy atom. The highest BCUT2D eigenvalue weighted by Gasteiger charge is 2.05. The van der Waals surface area contributed by atoms with Gasteiger partial charge < -0.3 is 5.11 Å². The van der Waals surface area contributed by atoms with Gasteiger partial charge in [-0.05, 0) is 28.8 Å². The largest absolute Gasteiger partial charge is 0.478 e. The Labute approximate surface area is 115 Å². The molecule has 92 valence electrons. The summed E-state index contributed by atoms with van der Waals surface area (Å²) in [5.74, 6) is -0.927. The normalized spacial score (nSPS) is 10.6. The van der Waals surface area contributed by atoms with E-state index in [-0.39, 0.29) is 5.56 Å². The third-order valence-corrected chi connectivity index (χ3v) is 3.13. The van der Waals surface area contributed by atoms with Crippen LogP contribution in [0.25, 0.3) is 11.1 Å². The summed E-state index contributed by atoms with van der Waals surface area (Å²) in [6.45, 7) is 0. The smallest absolute Gasteiger partial charge is 0.335 e. The zero-order valence-corrected chi connectivity index (χ0v) is 10.8. The molecular formula is C14H10Cl2O2. The van der Waals surface area contributed by atoms with Gasteiger partial charge in [-0.2, -0.15) is 0 Å². The maximum Gasteiger partial charge on any atom is 0.335 e. The molecule has 1 N–H and O–H groups in total. The van der Waals surface area contributed by atoms with Crippen molar-refractivity contribution in [3.8, 4) is 11.1 Å². The number of halogens is 2. The summed E-state index contributed by atoms with van der Waals surface area (Å²) in [5.41, 5.74) is 3.05. The summed E-state index contributed by atoms with van der Waals surface area (Å²) in [7, 11) is 0. The second-order valence-electron chi connectivity index (χ2n) is 3.81. The molecule has 18 heavy (non-hydrogen) atoms. The first-order valence-electron chi connectivity index (χ1n) is 5.30. The molecule has 4 heteroatoms. The number of rotatable bonds is 3. The highest BCUT2D eigenvalue weighted by atomic mass is 35.5. The standard InChI is InChI=1S/C14H10Cl2O2/c15-13(16)11-5-1-9(2-6-11)10-3-7-12(8-4-10)14(17)18/h1-8,13H,(H,17,18). The molecule has 0 fully saturated rings. The molecule has 2 rings (SSSR count). The van der Waals surface area contributed by atoms with Gasteiger partial charge in [0, 0.05) is 0 Å². The Hall–Kier alpha value is -1.51. The molecule has 0 amide bonds. The summed E-state index contributed by atoms with van der Waals surface area (Å²) in [6.07, 6.45) is 0. The first-order valence-corrected chi connectivity index (χ1v) is 6.17. The van der Waals surface area contributed by atoms with E-state index in [1.807, 2.05) is 24.3 Å². The number of alkyl halides is 2. The van der Waals surface area contributed by atoms with Crippen LogP contribution in [-0.2, 0) is 0 Å². The monoisotopic (exact) mass is 280 g/mol. The lowest BCUT2D eigenvalue weighted by molar-refractivity contribution is 0.0697. The lowest BCUT2D eigenvalue weighted by Gasteiger charge is -2.05. The fourth-order valence-corrected chi connectivity index (χ4v) is 1.92. The summed E-state index contributed by atoms with van der Waals surface area (Å²) in [4.78, 5) is 10.2. The van der Waals surface area contributed by atoms with Crippen LogP contribution in [0.2, 0.25) is 0 Å². The molecule has 0 saturated carbocycles. The van der Waals surface area contributed by atoms with Gasteiger partial charge in [0.05, 0.1) is 5.56 Å². The molecule has 0 heterocycles. The van der Waals surface area contributed by atoms with Crippen LogP contribution in [0.15, 0.2) is 48.5 Å². The number of carbonyl (C=O) groups is 1. The quantitative estimate of drug-likeness (QED) is 0.839. The van der Waals surface area contributed by atoms with Gasteiger partial charge >= 0.3 is 5.97 Å². The van der Waals surface area contributed by atoms with Crippen molar-refractivity contribution in [2.45, 2.75) is 4.84 Å². The first-order chi connectivity index (χ1) is 8.58. The summed E-state index contributed by atoms with van der Waals surface area (Å²) in [6, 6.07) is 14.2. The molecule has 0 radical (unpaired) electrons. The molecule has 2 aromatic rings. The highest BCUT2D eigenvalue weighted by Crippen LogP contribution is 2.27. The molecule has 0 spiro atoms. The van der Waals surface area contributed by atoms with E-state index in [0.29, 0.717) is 0 Å². The van der Waals surface area contributed by atoms with E-state index in [2.05, 4.69) is 0 Å². The molecular weight excluding hydrogens is 271 g/mol. The van der Waals surface area contributed by atoms with Gasteiger partial charge in [0.15, 0.2) is 0 Å². The van der Waals surface area contributed by atoms with Crippen molar-refractivity contribution < 1.29 is 9.90 Å². The van der Waals surface area contributed by atoms with Gasteiger partial charge in [-0.25, -0.2) is 4.79 Å². The predicted octanol–water partition coefficient (Wildman–Crippen LogP) is 4.53. The second kappa shape index (κ2) is 5.42. The van der Waals surface area contributed by atoms with E-state index in [1.54, 1.807) is 24.3 Å². The topological polar surface area (TPSA) is 37.3 Å². The van der Waals surface area contributed by atoms with Crippen molar-refractivity contribution in [1.82, 2.24) is 0 Å². The van der Waals surface area contributed by atoms with Crippen molar-refractivity contribution in [3.05, 3.63) is 59.7 Å². The SMILES string of the molecule is O=C(O)c1ccc(-c2ccc(C(Cl)Cl)cc2)cc1. The Kier molecular flexibility index (Phi) is 3.90. The van der Waals surface area contributed by atoms with E-state index in [1.165, 1.54) is 0 Å². The second-order valence-corrected chi connectivity index (χ2v) is 4.90. The first kappa shape index (κ1) is 12.9. The molecule has 0 aliphatic rings. The average molecular weight is 281 g/mol. The zero-order valence-electron chi connectivity index (χ0n) is 9.31. The number of aromatic carboxylic acids is 1. The zero-order chi connectivity index (χ0) is 13.1. The predicted molar refractivity (Wildman–Crippen MR) is 73.3 cm³/mol. The third kappa shape index (κ3) is 2.84. The molecule has 0 unspecified atom stereocenters. The maximum atomic E-state index is 10.7. The van der Waals surface area contributed by atoms with E-state index >= 15 is 0 Å². The Bertz CT molecular complexity index is 545. The van der Waals surface area contributed by atoms with Crippen LogP contribution >= 0.6 is 23.2 Å². The molecule has 2 aromatic carbocycles. The van der Waals surface area contributed by atoms with Gasteiger partial charge in [0.1, 0.15) is 4.84 Å². The van der Waals surface area contributed by atoms with Crippen LogP contribution in [0.1, 0.15) is 20.8 Å². The van der Waals surface area contributed by atoms with Crippen LogP contribution in [0.5, 0.6) is 0 Å². The number of benzene rings is 2. The van der Waals surface area contributed by atoms with Crippen molar-refractivity contribution >= 4 is 29.2 Å². The fraction of sp³-hybridized carbons (Fsp3) is 0.0714. The number of carboxylic acids is 1. The Morgan fingerprint density at radius 3 is 1.72 bits per heavy atom. The molecule has 0 bridgehead atoms. The minimum absolute atomic E-state index is 0.275. The average Bonchev–Trinajstić information content (AvgIpc) is 2.39. The molecule has 2 nitrogen and oxygen atoms in total. The maximum absolute atomic E-state index is 10.7. The van der Waals surface area contributed by atoms with E-state index < -0.39 is 10.8 Å². The lowest BCUT2D eigenvalue weighted by atomic mass is 10.0. The summed E-state index contributed by atoms with van der Waals surface area (Å²) >= 11 is 11.5. The van der Waals surface area contributed by atoms with Crippen molar-refractivity contribution in [1.29, 1.82) is 0 Å². The van der Waals surface area contributed by atoms with Crippen molar-refractivity contribution in [2.75, 3.05) is 0 Å². The summed E-state index contributed by atoms with van der Waals surface area (Å²) in [5, 5.41) is 8.81. The summed E-state index contributed by atoms with van der Waals surface area (Å²) < 4.78 is 0. The van der Waals surface area contributed by atoms with Gasteiger partial charge in [0.25, 0.3) is 0 Å². The number of hydrogen-bond acceptors (Lipinski definition) is 1. The lowest BCUT2D eigenvalue weighted by Crippen LogP contribution is -1.94. The van der Waals surface area contributed by atoms with Crippen LogP contribution in [0.3, 0.4) is 0 Å². The van der Waals surface area contributed by atoms with Crippen LogP contribution < -0.4 is 0 Å². The molecule has 0 atom stereocenters. The molecule has 0 aliphatic heterocycles. The fourth-order valence-electron chi connectivity index (χ4n) is 1.63. The van der Waals surface area contributed by atoms with Crippen LogP contribution in [0, 0.1) is 0 Å². The number of hydrogen-bond donors (Lipinski definition) is 1.